The van der Waals surface area contributed by atoms with Crippen molar-refractivity contribution in [2.45, 2.75) is 46.1 Å². The Kier molecular flexibility index (Phi) is 4.13. The second-order valence-electron chi connectivity index (χ2n) is 5.71. The highest BCUT2D eigenvalue weighted by molar-refractivity contribution is 5.81. The van der Waals surface area contributed by atoms with Crippen molar-refractivity contribution in [3.05, 3.63) is 11.6 Å². The zero-order valence-electron chi connectivity index (χ0n) is 11.4. The highest BCUT2D eigenvalue weighted by atomic mass is 16.3. The highest BCUT2D eigenvalue weighted by Crippen LogP contribution is 2.45. The van der Waals surface area contributed by atoms with Crippen LogP contribution in [0.2, 0.25) is 0 Å². The van der Waals surface area contributed by atoms with Crippen LogP contribution in [0, 0.1) is 23.2 Å². The van der Waals surface area contributed by atoms with Gasteiger partial charge in [-0.3, -0.25) is 9.59 Å². The number of hydrogen-bond acceptors (Lipinski definition) is 3. The first-order valence-electron chi connectivity index (χ1n) is 6.12. The molecule has 1 N–H and O–H groups in total. The molecule has 0 amide bonds. The molecule has 0 saturated heterocycles. The Morgan fingerprint density at radius 3 is 2.61 bits per heavy atom. The van der Waals surface area contributed by atoms with E-state index in [1.165, 1.54) is 6.08 Å². The van der Waals surface area contributed by atoms with Crippen molar-refractivity contribution in [1.29, 1.82) is 0 Å². The summed E-state index contributed by atoms with van der Waals surface area (Å²) in [5.41, 5.74) is -1.16. The number of rotatable bonds is 1. The standard InChI is InChI=1S/C15H20O3/c1-11(6-8-16)5-7-15(18)12(2)9-13(17)10-14(15,3)4/h6,8,12,18H,9-10H2,1-4H3/b11-6-. The van der Waals surface area contributed by atoms with E-state index >= 15 is 0 Å². The van der Waals surface area contributed by atoms with E-state index in [-0.39, 0.29) is 11.7 Å². The lowest BCUT2D eigenvalue weighted by molar-refractivity contribution is -0.140. The maximum atomic E-state index is 11.6. The normalized spacial score (nSPS) is 31.5. The van der Waals surface area contributed by atoms with Gasteiger partial charge < -0.3 is 5.11 Å². The molecule has 0 aromatic carbocycles. The van der Waals surface area contributed by atoms with Crippen molar-refractivity contribution in [3.8, 4) is 11.8 Å². The van der Waals surface area contributed by atoms with Crippen LogP contribution in [0.25, 0.3) is 0 Å². The van der Waals surface area contributed by atoms with E-state index in [2.05, 4.69) is 11.8 Å². The molecule has 1 saturated carbocycles. The van der Waals surface area contributed by atoms with Crippen LogP contribution in [-0.4, -0.2) is 22.8 Å². The van der Waals surface area contributed by atoms with Crippen molar-refractivity contribution in [2.75, 3.05) is 0 Å². The van der Waals surface area contributed by atoms with Gasteiger partial charge in [0.05, 0.1) is 0 Å². The van der Waals surface area contributed by atoms with E-state index in [1.54, 1.807) is 6.92 Å². The average molecular weight is 248 g/mol. The smallest absolute Gasteiger partial charge is 0.143 e. The van der Waals surface area contributed by atoms with Crippen LogP contribution in [0.1, 0.15) is 40.5 Å². The molecule has 98 valence electrons. The monoisotopic (exact) mass is 248 g/mol. The van der Waals surface area contributed by atoms with Gasteiger partial charge >= 0.3 is 0 Å². The van der Waals surface area contributed by atoms with Gasteiger partial charge in [-0.1, -0.05) is 32.6 Å². The molecule has 0 aliphatic heterocycles. The Morgan fingerprint density at radius 1 is 1.50 bits per heavy atom. The van der Waals surface area contributed by atoms with E-state index in [4.69, 9.17) is 0 Å². The van der Waals surface area contributed by atoms with Gasteiger partial charge in [-0.25, -0.2) is 0 Å². The molecule has 0 heterocycles. The molecule has 1 aliphatic carbocycles. The molecule has 3 heteroatoms. The second-order valence-corrected chi connectivity index (χ2v) is 5.71. The maximum Gasteiger partial charge on any atom is 0.143 e. The molecule has 1 aliphatic rings. The van der Waals surface area contributed by atoms with Crippen molar-refractivity contribution < 1.29 is 14.7 Å². The van der Waals surface area contributed by atoms with Gasteiger partial charge in [0.2, 0.25) is 0 Å². The Balaban J connectivity index is 3.12. The number of ketones is 1. The lowest BCUT2D eigenvalue weighted by Gasteiger charge is -2.46. The Labute approximate surface area is 108 Å². The zero-order chi connectivity index (χ0) is 14.0. The molecule has 2 unspecified atom stereocenters. The average Bonchev–Trinajstić information content (AvgIpc) is 2.23. The summed E-state index contributed by atoms with van der Waals surface area (Å²) in [6.45, 7) is 7.27. The van der Waals surface area contributed by atoms with E-state index in [0.717, 1.165) is 0 Å². The lowest BCUT2D eigenvalue weighted by Crippen LogP contribution is -2.53. The minimum Gasteiger partial charge on any atom is -0.377 e. The summed E-state index contributed by atoms with van der Waals surface area (Å²) in [7, 11) is 0. The third kappa shape index (κ3) is 2.70. The highest BCUT2D eigenvalue weighted by Gasteiger charge is 2.51. The first-order chi connectivity index (χ1) is 8.23. The summed E-state index contributed by atoms with van der Waals surface area (Å²) in [6.07, 6.45) is 2.72. The minimum atomic E-state index is -1.20. The number of Topliss-reactive ketones (excluding diaryl/α,β-unsaturated/α-hetero) is 1. The first kappa shape index (κ1) is 14.7. The van der Waals surface area contributed by atoms with Crippen LogP contribution in [0.5, 0.6) is 0 Å². The van der Waals surface area contributed by atoms with Crippen LogP contribution in [0.3, 0.4) is 0 Å². The van der Waals surface area contributed by atoms with Crippen LogP contribution in [0.15, 0.2) is 11.6 Å². The molecule has 0 radical (unpaired) electrons. The third-order valence-corrected chi connectivity index (χ3v) is 3.69. The van der Waals surface area contributed by atoms with E-state index in [1.807, 2.05) is 20.8 Å². The van der Waals surface area contributed by atoms with Gasteiger partial charge in [-0.2, -0.15) is 0 Å². The summed E-state index contributed by atoms with van der Waals surface area (Å²) in [5, 5.41) is 10.8. The molecule has 0 bridgehead atoms. The van der Waals surface area contributed by atoms with Gasteiger partial charge in [0.1, 0.15) is 17.7 Å². The van der Waals surface area contributed by atoms with Gasteiger partial charge in [-0.15, -0.1) is 0 Å². The third-order valence-electron chi connectivity index (χ3n) is 3.69. The first-order valence-corrected chi connectivity index (χ1v) is 6.12. The van der Waals surface area contributed by atoms with Crippen LogP contribution in [-0.2, 0) is 9.59 Å². The van der Waals surface area contributed by atoms with Gasteiger partial charge in [-0.05, 0) is 13.0 Å². The van der Waals surface area contributed by atoms with Crippen molar-refractivity contribution >= 4 is 12.1 Å². The molecule has 0 aromatic rings. The van der Waals surface area contributed by atoms with Crippen LogP contribution in [0.4, 0.5) is 0 Å². The molecule has 1 rings (SSSR count). The SMILES string of the molecule is C/C(C#CC1(O)C(C)CC(=O)CC1(C)C)=C/C=O. The fourth-order valence-corrected chi connectivity index (χ4v) is 2.49. The summed E-state index contributed by atoms with van der Waals surface area (Å²) >= 11 is 0. The number of carbonyl (C=O) groups is 2. The fourth-order valence-electron chi connectivity index (χ4n) is 2.49. The molecule has 3 nitrogen and oxygen atoms in total. The van der Waals surface area contributed by atoms with Crippen LogP contribution < -0.4 is 0 Å². The van der Waals surface area contributed by atoms with Gasteiger partial charge in [0.15, 0.2) is 0 Å². The maximum absolute atomic E-state index is 11.6. The fraction of sp³-hybridized carbons (Fsp3) is 0.600. The minimum absolute atomic E-state index is 0.166. The molecule has 1 fully saturated rings. The zero-order valence-corrected chi connectivity index (χ0v) is 11.4. The van der Waals surface area contributed by atoms with Gasteiger partial charge in [0, 0.05) is 29.7 Å². The molecule has 2 atom stereocenters. The van der Waals surface area contributed by atoms with Crippen LogP contribution >= 0.6 is 0 Å². The second kappa shape index (κ2) is 5.07. The summed E-state index contributed by atoms with van der Waals surface area (Å²) < 4.78 is 0. The number of hydrogen-bond donors (Lipinski definition) is 1. The topological polar surface area (TPSA) is 54.4 Å². The largest absolute Gasteiger partial charge is 0.377 e. The Hall–Kier alpha value is -1.40. The van der Waals surface area contributed by atoms with Crippen molar-refractivity contribution in [2.24, 2.45) is 11.3 Å². The summed E-state index contributed by atoms with van der Waals surface area (Å²) in [5.74, 6) is 5.64. The molecular formula is C15H20O3. The van der Waals surface area contributed by atoms with E-state index < -0.39 is 11.0 Å². The molecule has 0 spiro atoms. The van der Waals surface area contributed by atoms with E-state index in [9.17, 15) is 14.7 Å². The molecule has 0 aromatic heterocycles. The summed E-state index contributed by atoms with van der Waals surface area (Å²) in [6, 6.07) is 0. The number of aliphatic hydroxyl groups is 1. The summed E-state index contributed by atoms with van der Waals surface area (Å²) in [4.78, 5) is 21.9. The molecular weight excluding hydrogens is 228 g/mol. The predicted octanol–water partition coefficient (Wildman–Crippen LogP) is 1.89. The Morgan fingerprint density at radius 2 is 2.11 bits per heavy atom. The predicted molar refractivity (Wildman–Crippen MR) is 69.7 cm³/mol. The molecule has 18 heavy (non-hydrogen) atoms. The van der Waals surface area contributed by atoms with E-state index in [0.29, 0.717) is 24.7 Å². The lowest BCUT2D eigenvalue weighted by atomic mass is 9.60. The van der Waals surface area contributed by atoms with Crippen molar-refractivity contribution in [1.82, 2.24) is 0 Å². The van der Waals surface area contributed by atoms with Crippen molar-refractivity contribution in [3.63, 3.8) is 0 Å². The number of allylic oxidation sites excluding steroid dienone is 2. The van der Waals surface area contributed by atoms with Gasteiger partial charge in [0.25, 0.3) is 0 Å². The number of aldehydes is 1. The number of carbonyl (C=O) groups excluding carboxylic acids is 2. The Bertz CT molecular complexity index is 448. The quantitative estimate of drug-likeness (QED) is 0.438.